The number of anilines is 1. The van der Waals surface area contributed by atoms with Crippen LogP contribution in [0, 0.1) is 0 Å². The molecule has 0 saturated carbocycles. The number of hydrogen-bond donors (Lipinski definition) is 0. The average molecular weight is 524 g/mol. The Balaban J connectivity index is 1.61. The predicted molar refractivity (Wildman–Crippen MR) is 145 cm³/mol. The molecule has 1 heterocycles. The van der Waals surface area contributed by atoms with Gasteiger partial charge in [0.15, 0.2) is 11.5 Å². The van der Waals surface area contributed by atoms with Crippen LogP contribution in [0.2, 0.25) is 0 Å². The van der Waals surface area contributed by atoms with E-state index < -0.39 is 10.0 Å². The summed E-state index contributed by atoms with van der Waals surface area (Å²) in [5.41, 5.74) is 2.90. The second kappa shape index (κ2) is 11.2. The molecule has 1 saturated heterocycles. The highest BCUT2D eigenvalue weighted by molar-refractivity contribution is 7.92. The molecule has 0 aromatic heterocycles. The maximum Gasteiger partial charge on any atom is 0.256 e. The first-order valence-electron chi connectivity index (χ1n) is 12.1. The van der Waals surface area contributed by atoms with Crippen LogP contribution >= 0.6 is 0 Å². The van der Waals surface area contributed by atoms with Crippen LogP contribution in [-0.4, -0.2) is 77.8 Å². The molecule has 37 heavy (non-hydrogen) atoms. The van der Waals surface area contributed by atoms with Gasteiger partial charge in [-0.15, -0.1) is 0 Å². The molecule has 9 heteroatoms. The molecule has 8 nitrogen and oxygen atoms in total. The number of rotatable bonds is 8. The van der Waals surface area contributed by atoms with Gasteiger partial charge in [0.1, 0.15) is 0 Å². The van der Waals surface area contributed by atoms with E-state index in [1.807, 2.05) is 36.4 Å². The van der Waals surface area contributed by atoms with Gasteiger partial charge in [0.2, 0.25) is 10.0 Å². The van der Waals surface area contributed by atoms with Crippen LogP contribution in [0.5, 0.6) is 11.5 Å². The molecule has 3 aromatic rings. The molecule has 0 N–H and O–H groups in total. The molecular formula is C28H33N3O5S. The second-order valence-electron chi connectivity index (χ2n) is 9.01. The Bertz CT molecular complexity index is 1290. The average Bonchev–Trinajstić information content (AvgIpc) is 2.92. The Kier molecular flexibility index (Phi) is 8.04. The second-order valence-corrected chi connectivity index (χ2v) is 11.0. The third-order valence-corrected chi connectivity index (χ3v) is 7.96. The van der Waals surface area contributed by atoms with E-state index in [1.54, 1.807) is 11.0 Å². The SMILES string of the molecule is COc1cc(C(=O)N2CCN(C(c3ccccc3)c3ccccc3)CC2)c(N(C)S(C)(=O)=O)cc1OC. The summed E-state index contributed by atoms with van der Waals surface area (Å²) < 4.78 is 36.6. The molecule has 1 amide bonds. The maximum atomic E-state index is 13.7. The molecule has 1 fully saturated rings. The van der Waals surface area contributed by atoms with Crippen molar-refractivity contribution in [2.45, 2.75) is 6.04 Å². The Hall–Kier alpha value is -3.56. The van der Waals surface area contributed by atoms with Crippen molar-refractivity contribution in [3.8, 4) is 11.5 Å². The zero-order valence-corrected chi connectivity index (χ0v) is 22.4. The molecule has 1 aliphatic heterocycles. The lowest BCUT2D eigenvalue weighted by molar-refractivity contribution is 0.0598. The van der Waals surface area contributed by atoms with Gasteiger partial charge in [0, 0.05) is 39.3 Å². The number of methoxy groups -OCH3 is 2. The Labute approximate surface area is 219 Å². The fourth-order valence-corrected chi connectivity index (χ4v) is 5.23. The van der Waals surface area contributed by atoms with E-state index in [2.05, 4.69) is 29.2 Å². The van der Waals surface area contributed by atoms with Crippen LogP contribution in [0.1, 0.15) is 27.5 Å². The zero-order valence-electron chi connectivity index (χ0n) is 21.6. The van der Waals surface area contributed by atoms with Crippen LogP contribution in [0.3, 0.4) is 0 Å². The molecule has 0 spiro atoms. The standard InChI is InChI=1S/C28H33N3O5S/c1-29(37(4,33)34)24-20-26(36-3)25(35-2)19-23(24)28(32)31-17-15-30(16-18-31)27(21-11-7-5-8-12-21)22-13-9-6-10-14-22/h5-14,19-20,27H,15-18H2,1-4H3. The summed E-state index contributed by atoms with van der Waals surface area (Å²) in [5, 5.41) is 0. The number of benzene rings is 3. The highest BCUT2D eigenvalue weighted by Crippen LogP contribution is 2.37. The minimum Gasteiger partial charge on any atom is -0.493 e. The molecular weight excluding hydrogens is 490 g/mol. The van der Waals surface area contributed by atoms with Crippen molar-refractivity contribution in [1.82, 2.24) is 9.80 Å². The van der Waals surface area contributed by atoms with Gasteiger partial charge in [0.05, 0.1) is 37.8 Å². The summed E-state index contributed by atoms with van der Waals surface area (Å²) in [6, 6.07) is 23.9. The molecule has 0 unspecified atom stereocenters. The Morgan fingerprint density at radius 2 is 1.32 bits per heavy atom. The summed E-state index contributed by atoms with van der Waals surface area (Å²) in [7, 11) is 0.771. The summed E-state index contributed by atoms with van der Waals surface area (Å²) in [4.78, 5) is 17.9. The van der Waals surface area contributed by atoms with E-state index in [-0.39, 0.29) is 23.2 Å². The number of carbonyl (C=O) groups excluding carboxylic acids is 1. The number of carbonyl (C=O) groups is 1. The van der Waals surface area contributed by atoms with Crippen molar-refractivity contribution < 1.29 is 22.7 Å². The summed E-state index contributed by atoms with van der Waals surface area (Å²) in [6.07, 6.45) is 1.10. The normalized spacial score (nSPS) is 14.5. The lowest BCUT2D eigenvalue weighted by Crippen LogP contribution is -2.50. The van der Waals surface area contributed by atoms with E-state index >= 15 is 0 Å². The maximum absolute atomic E-state index is 13.7. The number of sulfonamides is 1. The van der Waals surface area contributed by atoms with Gasteiger partial charge < -0.3 is 14.4 Å². The van der Waals surface area contributed by atoms with Crippen molar-refractivity contribution >= 4 is 21.6 Å². The third-order valence-electron chi connectivity index (χ3n) is 6.77. The first-order chi connectivity index (χ1) is 17.7. The van der Waals surface area contributed by atoms with Gasteiger partial charge in [-0.1, -0.05) is 60.7 Å². The monoisotopic (exact) mass is 523 g/mol. The fraction of sp³-hybridized carbons (Fsp3) is 0.321. The smallest absolute Gasteiger partial charge is 0.256 e. The van der Waals surface area contributed by atoms with E-state index in [1.165, 1.54) is 38.5 Å². The molecule has 1 aliphatic rings. The van der Waals surface area contributed by atoms with Gasteiger partial charge >= 0.3 is 0 Å². The molecule has 3 aromatic carbocycles. The van der Waals surface area contributed by atoms with Crippen LogP contribution < -0.4 is 13.8 Å². The van der Waals surface area contributed by atoms with Crippen molar-refractivity contribution in [2.24, 2.45) is 0 Å². The molecule has 0 atom stereocenters. The lowest BCUT2D eigenvalue weighted by atomic mass is 9.96. The number of piperazine rings is 1. The Morgan fingerprint density at radius 3 is 1.78 bits per heavy atom. The molecule has 0 aliphatic carbocycles. The quantitative estimate of drug-likeness (QED) is 0.449. The van der Waals surface area contributed by atoms with Crippen molar-refractivity contribution in [3.63, 3.8) is 0 Å². The fourth-order valence-electron chi connectivity index (χ4n) is 4.72. The van der Waals surface area contributed by atoms with E-state index in [0.717, 1.165) is 10.6 Å². The number of nitrogens with zero attached hydrogens (tertiary/aromatic N) is 3. The first kappa shape index (κ1) is 26.5. The highest BCUT2D eigenvalue weighted by Gasteiger charge is 2.31. The van der Waals surface area contributed by atoms with Crippen LogP contribution in [-0.2, 0) is 10.0 Å². The first-order valence-corrected chi connectivity index (χ1v) is 13.9. The van der Waals surface area contributed by atoms with Gasteiger partial charge in [-0.3, -0.25) is 14.0 Å². The number of amides is 1. The minimum atomic E-state index is -3.61. The van der Waals surface area contributed by atoms with Crippen LogP contribution in [0.4, 0.5) is 5.69 Å². The highest BCUT2D eigenvalue weighted by atomic mass is 32.2. The van der Waals surface area contributed by atoms with E-state index in [0.29, 0.717) is 37.7 Å². The lowest BCUT2D eigenvalue weighted by Gasteiger charge is -2.40. The van der Waals surface area contributed by atoms with Gasteiger partial charge in [-0.25, -0.2) is 8.42 Å². The molecule has 4 rings (SSSR count). The summed E-state index contributed by atoms with van der Waals surface area (Å²) >= 11 is 0. The van der Waals surface area contributed by atoms with Crippen molar-refractivity contribution in [3.05, 3.63) is 89.5 Å². The zero-order chi connectivity index (χ0) is 26.6. The molecule has 0 radical (unpaired) electrons. The van der Waals surface area contributed by atoms with E-state index in [9.17, 15) is 13.2 Å². The summed E-state index contributed by atoms with van der Waals surface area (Å²) in [6.45, 7) is 2.35. The van der Waals surface area contributed by atoms with Gasteiger partial charge in [-0.2, -0.15) is 0 Å². The topological polar surface area (TPSA) is 79.4 Å². The molecule has 196 valence electrons. The minimum absolute atomic E-state index is 0.0765. The van der Waals surface area contributed by atoms with Crippen LogP contribution in [0.15, 0.2) is 72.8 Å². The van der Waals surface area contributed by atoms with Crippen molar-refractivity contribution in [2.75, 3.05) is 58.0 Å². The van der Waals surface area contributed by atoms with Crippen molar-refractivity contribution in [1.29, 1.82) is 0 Å². The summed E-state index contributed by atoms with van der Waals surface area (Å²) in [5.74, 6) is 0.466. The molecule has 0 bridgehead atoms. The van der Waals surface area contributed by atoms with Gasteiger partial charge in [0.25, 0.3) is 5.91 Å². The number of hydrogen-bond acceptors (Lipinski definition) is 6. The van der Waals surface area contributed by atoms with Gasteiger partial charge in [-0.05, 0) is 17.2 Å². The van der Waals surface area contributed by atoms with Crippen LogP contribution in [0.25, 0.3) is 0 Å². The Morgan fingerprint density at radius 1 is 0.838 bits per heavy atom. The number of ether oxygens (including phenoxy) is 2. The largest absolute Gasteiger partial charge is 0.493 e. The third kappa shape index (κ3) is 5.73. The predicted octanol–water partition coefficient (Wildman–Crippen LogP) is 3.65. The van der Waals surface area contributed by atoms with E-state index in [4.69, 9.17) is 9.47 Å².